The van der Waals surface area contributed by atoms with Crippen molar-refractivity contribution in [1.82, 2.24) is 29.6 Å². The molecule has 348 valence electrons. The standard InChI is InChI=1S/2C25H35N3O4/c2*1-3-8-17-11-12-19-23-22(24(31)26-13-16-9-6-5-7-10-16)18(15-29)20(14-27(19)25(17)32)28(23)21(30)4-2/h2*3,8,11-12,16,18,20,22-23,29H,4-7,9-10,13-15H2,1-2H3,(H,26,31)/b8-3+;8-3-/t2*18-,20-,22+,23+/m00/s1. The highest BCUT2D eigenvalue weighted by Crippen LogP contribution is 2.50. The van der Waals surface area contributed by atoms with E-state index in [2.05, 4.69) is 10.6 Å². The lowest BCUT2D eigenvalue weighted by Gasteiger charge is -2.38. The zero-order chi connectivity index (χ0) is 45.7. The van der Waals surface area contributed by atoms with Gasteiger partial charge in [-0.2, -0.15) is 0 Å². The summed E-state index contributed by atoms with van der Waals surface area (Å²) in [5.41, 5.74) is 2.33. The van der Waals surface area contributed by atoms with Gasteiger partial charge in [-0.15, -0.1) is 0 Å². The van der Waals surface area contributed by atoms with Crippen LogP contribution >= 0.6 is 0 Å². The summed E-state index contributed by atoms with van der Waals surface area (Å²) in [6, 6.07) is 5.49. The third-order valence-electron chi connectivity index (χ3n) is 15.2. The van der Waals surface area contributed by atoms with E-state index in [0.29, 0.717) is 73.4 Å². The Morgan fingerprint density at radius 3 is 1.31 bits per heavy atom. The van der Waals surface area contributed by atoms with Crippen LogP contribution < -0.4 is 21.8 Å². The molecule has 2 saturated carbocycles. The van der Waals surface area contributed by atoms with E-state index < -0.39 is 35.8 Å². The van der Waals surface area contributed by atoms with Crippen LogP contribution in [0, 0.1) is 35.5 Å². The molecular formula is C50H70N6O8. The number of carbonyl (C=O) groups is 4. The van der Waals surface area contributed by atoms with Gasteiger partial charge in [0.05, 0.1) is 36.0 Å². The molecule has 2 aromatic rings. The summed E-state index contributed by atoms with van der Waals surface area (Å²) in [6.45, 7) is 8.85. The van der Waals surface area contributed by atoms with Crippen LogP contribution in [0.3, 0.4) is 0 Å². The third-order valence-corrected chi connectivity index (χ3v) is 15.2. The summed E-state index contributed by atoms with van der Waals surface area (Å²) >= 11 is 0. The second-order valence-electron chi connectivity index (χ2n) is 18.8. The first-order valence-corrected chi connectivity index (χ1v) is 24.1. The maximum Gasteiger partial charge on any atom is 0.258 e. The van der Waals surface area contributed by atoms with Crippen LogP contribution in [0.5, 0.6) is 0 Å². The Bertz CT molecular complexity index is 2050. The number of rotatable bonds is 12. The van der Waals surface area contributed by atoms with Crippen molar-refractivity contribution in [2.75, 3.05) is 26.3 Å². The van der Waals surface area contributed by atoms with Crippen molar-refractivity contribution in [3.05, 3.63) is 79.6 Å². The van der Waals surface area contributed by atoms with E-state index >= 15 is 0 Å². The second-order valence-corrected chi connectivity index (χ2v) is 18.8. The number of pyridine rings is 2. The second kappa shape index (κ2) is 21.0. The van der Waals surface area contributed by atoms with Crippen LogP contribution in [0.1, 0.15) is 139 Å². The minimum atomic E-state index is -0.565. The van der Waals surface area contributed by atoms with Crippen molar-refractivity contribution in [3.8, 4) is 0 Å². The summed E-state index contributed by atoms with van der Waals surface area (Å²) < 4.78 is 3.42. The molecule has 0 aromatic carbocycles. The Labute approximate surface area is 377 Å². The molecule has 0 unspecified atom stereocenters. The van der Waals surface area contributed by atoms with Crippen molar-refractivity contribution in [2.45, 2.75) is 142 Å². The molecule has 0 spiro atoms. The fourth-order valence-corrected chi connectivity index (χ4v) is 12.0. The first-order chi connectivity index (χ1) is 31.0. The van der Waals surface area contributed by atoms with Gasteiger partial charge in [-0.25, -0.2) is 0 Å². The van der Waals surface area contributed by atoms with Gasteiger partial charge in [-0.05, 0) is 75.6 Å². The lowest BCUT2D eigenvalue weighted by Crippen LogP contribution is -2.49. The van der Waals surface area contributed by atoms with E-state index in [9.17, 15) is 39.0 Å². The normalized spacial score (nSPS) is 27.5. The number of aliphatic hydroxyl groups excluding tert-OH is 2. The van der Waals surface area contributed by atoms with Gasteiger partial charge in [0.2, 0.25) is 23.6 Å². The maximum absolute atomic E-state index is 13.5. The Balaban J connectivity index is 0.000000191. The molecule has 2 aromatic heterocycles. The van der Waals surface area contributed by atoms with E-state index in [-0.39, 0.29) is 60.0 Å². The van der Waals surface area contributed by atoms with Gasteiger partial charge in [0.15, 0.2) is 0 Å². The molecule has 14 nitrogen and oxygen atoms in total. The van der Waals surface area contributed by atoms with Gasteiger partial charge in [0.25, 0.3) is 11.1 Å². The fraction of sp³-hybridized carbons (Fsp3) is 0.640. The highest BCUT2D eigenvalue weighted by Gasteiger charge is 2.58. The predicted molar refractivity (Wildman–Crippen MR) is 245 cm³/mol. The van der Waals surface area contributed by atoms with Crippen LogP contribution in [-0.2, 0) is 32.3 Å². The number of carbonyl (C=O) groups excluding carboxylic acids is 4. The summed E-state index contributed by atoms with van der Waals surface area (Å²) in [5, 5.41) is 26.9. The van der Waals surface area contributed by atoms with Crippen molar-refractivity contribution in [3.63, 3.8) is 0 Å². The number of fused-ring (bicyclic) bond motifs is 8. The number of allylic oxidation sites excluding steroid dienone is 2. The third kappa shape index (κ3) is 9.05. The number of nitrogens with one attached hydrogen (secondary N) is 2. The molecule has 8 atom stereocenters. The molecule has 4 fully saturated rings. The van der Waals surface area contributed by atoms with E-state index in [0.717, 1.165) is 25.7 Å². The van der Waals surface area contributed by atoms with Crippen molar-refractivity contribution >= 4 is 35.8 Å². The lowest BCUT2D eigenvalue weighted by molar-refractivity contribution is -0.137. The monoisotopic (exact) mass is 883 g/mol. The quantitative estimate of drug-likeness (QED) is 0.231. The first kappa shape index (κ1) is 47.2. The highest BCUT2D eigenvalue weighted by atomic mass is 16.3. The molecular weight excluding hydrogens is 813 g/mol. The molecule has 4 amide bonds. The van der Waals surface area contributed by atoms with Crippen LogP contribution in [0.15, 0.2) is 46.0 Å². The van der Waals surface area contributed by atoms with Gasteiger partial charge in [-0.1, -0.05) is 76.7 Å². The smallest absolute Gasteiger partial charge is 0.258 e. The van der Waals surface area contributed by atoms with E-state index in [1.807, 2.05) is 52.0 Å². The molecule has 6 aliphatic rings. The molecule has 4 bridgehead atoms. The number of aromatic nitrogens is 2. The van der Waals surface area contributed by atoms with E-state index in [4.69, 9.17) is 0 Å². The first-order valence-electron chi connectivity index (χ1n) is 24.1. The Kier molecular flexibility index (Phi) is 15.5. The van der Waals surface area contributed by atoms with Crippen molar-refractivity contribution < 1.29 is 29.4 Å². The highest BCUT2D eigenvalue weighted by molar-refractivity contribution is 5.85. The van der Waals surface area contributed by atoms with Gasteiger partial charge in [0, 0.05) is 86.6 Å². The zero-order valence-electron chi connectivity index (χ0n) is 38.3. The molecule has 2 saturated heterocycles. The average Bonchev–Trinajstić information content (AvgIpc) is 3.71. The largest absolute Gasteiger partial charge is 0.396 e. The van der Waals surface area contributed by atoms with Crippen LogP contribution in [0.4, 0.5) is 0 Å². The van der Waals surface area contributed by atoms with Crippen LogP contribution in [0.2, 0.25) is 0 Å². The molecule has 64 heavy (non-hydrogen) atoms. The number of nitrogens with zero attached hydrogens (tertiary/aromatic N) is 4. The van der Waals surface area contributed by atoms with E-state index in [1.165, 1.54) is 38.5 Å². The average molecular weight is 883 g/mol. The summed E-state index contributed by atoms with van der Waals surface area (Å²) in [5.74, 6) is -1.26. The number of aliphatic hydroxyl groups is 2. The molecule has 4 N–H and O–H groups in total. The van der Waals surface area contributed by atoms with Crippen molar-refractivity contribution in [1.29, 1.82) is 0 Å². The van der Waals surface area contributed by atoms with Gasteiger partial charge < -0.3 is 39.8 Å². The Hall–Kier alpha value is -4.82. The molecule has 6 heterocycles. The van der Waals surface area contributed by atoms with Gasteiger partial charge in [-0.3, -0.25) is 28.8 Å². The molecule has 0 radical (unpaired) electrons. The fourth-order valence-electron chi connectivity index (χ4n) is 12.0. The SMILES string of the molecule is C/C=C/c1ccc2n(c1=O)C[C@H]1[C@H](CO)[C@@H](C(=O)NCC3CCCCC3)[C@@H]2N1C(=O)CC.C/C=C\c1ccc2n(c1=O)C[C@H]1[C@H](CO)[C@@H](C(=O)NCC3CCCCC3)[C@@H]2N1C(=O)CC. The molecule has 8 rings (SSSR count). The Morgan fingerprint density at radius 2 is 0.984 bits per heavy atom. The minimum absolute atomic E-state index is 0.0442. The number of hydrogen-bond acceptors (Lipinski definition) is 8. The van der Waals surface area contributed by atoms with Crippen molar-refractivity contribution in [2.24, 2.45) is 35.5 Å². The maximum atomic E-state index is 13.5. The molecule has 4 aliphatic heterocycles. The zero-order valence-corrected chi connectivity index (χ0v) is 38.3. The summed E-state index contributed by atoms with van der Waals surface area (Å²) in [4.78, 5) is 82.6. The summed E-state index contributed by atoms with van der Waals surface area (Å²) in [6.07, 6.45) is 19.7. The number of hydrogen-bond donors (Lipinski definition) is 4. The molecule has 14 heteroatoms. The van der Waals surface area contributed by atoms with E-state index in [1.54, 1.807) is 43.2 Å². The molecule has 2 aliphatic carbocycles. The van der Waals surface area contributed by atoms with Gasteiger partial charge in [0.1, 0.15) is 0 Å². The van der Waals surface area contributed by atoms with Gasteiger partial charge >= 0.3 is 0 Å². The topological polar surface area (TPSA) is 183 Å². The summed E-state index contributed by atoms with van der Waals surface area (Å²) in [7, 11) is 0. The lowest BCUT2D eigenvalue weighted by atomic mass is 9.85. The van der Waals surface area contributed by atoms with Crippen LogP contribution in [-0.4, -0.2) is 91.2 Å². The van der Waals surface area contributed by atoms with Crippen LogP contribution in [0.25, 0.3) is 12.2 Å². The predicted octanol–water partition coefficient (Wildman–Crippen LogP) is 4.96. The minimum Gasteiger partial charge on any atom is -0.396 e. The number of amides is 4. The Morgan fingerprint density at radius 1 is 0.609 bits per heavy atom.